The maximum atomic E-state index is 6.07. The van der Waals surface area contributed by atoms with Gasteiger partial charge in [0.25, 0.3) is 0 Å². The van der Waals surface area contributed by atoms with E-state index in [1.807, 2.05) is 41.2 Å². The summed E-state index contributed by atoms with van der Waals surface area (Å²) < 4.78 is 8.20. The smallest absolute Gasteiger partial charge is 0.213 e. The molecule has 0 atom stereocenters. The Morgan fingerprint density at radius 3 is 2.82 bits per heavy atom. The van der Waals surface area contributed by atoms with Crippen LogP contribution >= 0.6 is 22.6 Å². The lowest BCUT2D eigenvalue weighted by Crippen LogP contribution is -2.40. The van der Waals surface area contributed by atoms with Gasteiger partial charge < -0.3 is 20.7 Å². The molecule has 5 heterocycles. The first-order valence-electron chi connectivity index (χ1n) is 11.3. The van der Waals surface area contributed by atoms with E-state index in [-0.39, 0.29) is 0 Å². The van der Waals surface area contributed by atoms with Gasteiger partial charge in [0.2, 0.25) is 11.7 Å². The summed E-state index contributed by atoms with van der Waals surface area (Å²) in [5.74, 6) is 1.78. The number of nitrogens with one attached hydrogen (secondary N) is 1. The van der Waals surface area contributed by atoms with Crippen molar-refractivity contribution in [3.63, 3.8) is 0 Å². The molecule has 3 N–H and O–H groups in total. The molecule has 9 nitrogen and oxygen atoms in total. The number of likely N-dealkylation sites (tertiary alicyclic amines) is 1. The summed E-state index contributed by atoms with van der Waals surface area (Å²) in [6.45, 7) is 3.09. The van der Waals surface area contributed by atoms with Gasteiger partial charge in [0.1, 0.15) is 11.2 Å². The van der Waals surface area contributed by atoms with Crippen LogP contribution in [-0.4, -0.2) is 62.3 Å². The number of nitrogens with two attached hydrogens (primary N) is 1. The highest BCUT2D eigenvalue weighted by Crippen LogP contribution is 2.28. The fraction of sp³-hybridized carbons (Fsp3) is 0.333. The molecule has 1 aliphatic rings. The Balaban J connectivity index is 1.52. The summed E-state index contributed by atoms with van der Waals surface area (Å²) in [7, 11) is 1.60. The summed E-state index contributed by atoms with van der Waals surface area (Å²) in [5.41, 5.74) is 9.83. The van der Waals surface area contributed by atoms with Crippen LogP contribution in [0.25, 0.3) is 17.0 Å². The molecule has 176 valence electrons. The van der Waals surface area contributed by atoms with E-state index in [0.717, 1.165) is 59.5 Å². The van der Waals surface area contributed by atoms with Crippen molar-refractivity contribution in [2.75, 3.05) is 32.1 Å². The molecule has 0 bridgehead atoms. The van der Waals surface area contributed by atoms with Crippen LogP contribution in [0.15, 0.2) is 48.9 Å². The van der Waals surface area contributed by atoms with E-state index in [4.69, 9.17) is 20.6 Å². The first-order chi connectivity index (χ1) is 16.6. The predicted molar refractivity (Wildman–Crippen MR) is 140 cm³/mol. The quantitative estimate of drug-likeness (QED) is 0.326. The Labute approximate surface area is 211 Å². The van der Waals surface area contributed by atoms with Crippen molar-refractivity contribution in [2.45, 2.75) is 25.3 Å². The Morgan fingerprint density at radius 2 is 2.03 bits per heavy atom. The summed E-state index contributed by atoms with van der Waals surface area (Å²) in [5, 5.41) is 8.29. The van der Waals surface area contributed by atoms with Crippen LogP contribution in [-0.2, 0) is 6.42 Å². The van der Waals surface area contributed by atoms with Crippen LogP contribution < -0.4 is 15.8 Å². The van der Waals surface area contributed by atoms with E-state index in [1.165, 1.54) is 5.56 Å². The van der Waals surface area contributed by atoms with Crippen molar-refractivity contribution in [1.29, 1.82) is 0 Å². The third-order valence-corrected chi connectivity index (χ3v) is 6.97. The van der Waals surface area contributed by atoms with Crippen LogP contribution in [0.3, 0.4) is 0 Å². The van der Waals surface area contributed by atoms with Crippen LogP contribution in [0, 0.1) is 3.57 Å². The number of halogens is 1. The number of pyridine rings is 2. The number of aromatic nitrogens is 5. The molecule has 1 fully saturated rings. The van der Waals surface area contributed by atoms with E-state index < -0.39 is 0 Å². The van der Waals surface area contributed by atoms with Gasteiger partial charge in [-0.25, -0.2) is 14.5 Å². The number of hydrogen-bond donors (Lipinski definition) is 2. The number of anilines is 2. The maximum Gasteiger partial charge on any atom is 0.213 e. The number of ether oxygens (including phenoxy) is 1. The van der Waals surface area contributed by atoms with Crippen molar-refractivity contribution < 1.29 is 4.74 Å². The molecular weight excluding hydrogens is 543 g/mol. The maximum absolute atomic E-state index is 6.07. The van der Waals surface area contributed by atoms with Gasteiger partial charge in [-0.15, -0.1) is 5.10 Å². The number of piperidine rings is 1. The van der Waals surface area contributed by atoms with E-state index in [9.17, 15) is 0 Å². The third kappa shape index (κ3) is 4.98. The highest BCUT2D eigenvalue weighted by Gasteiger charge is 2.19. The topological polar surface area (TPSA) is 106 Å². The predicted octanol–water partition coefficient (Wildman–Crippen LogP) is 3.51. The lowest BCUT2D eigenvalue weighted by Gasteiger charge is -2.29. The van der Waals surface area contributed by atoms with Gasteiger partial charge >= 0.3 is 0 Å². The highest BCUT2D eigenvalue weighted by molar-refractivity contribution is 14.1. The van der Waals surface area contributed by atoms with Gasteiger partial charge in [0.05, 0.1) is 16.4 Å². The van der Waals surface area contributed by atoms with Crippen LogP contribution in [0.2, 0.25) is 0 Å². The molecule has 0 aliphatic carbocycles. The molecule has 10 heteroatoms. The van der Waals surface area contributed by atoms with Crippen LogP contribution in [0.5, 0.6) is 5.88 Å². The molecule has 4 aromatic heterocycles. The van der Waals surface area contributed by atoms with E-state index in [2.05, 4.69) is 48.8 Å². The van der Waals surface area contributed by atoms with Gasteiger partial charge in [-0.3, -0.25) is 4.98 Å². The Kier molecular flexibility index (Phi) is 6.88. The minimum Gasteiger partial charge on any atom is -0.481 e. The lowest BCUT2D eigenvalue weighted by atomic mass is 10.1. The number of hydrogen-bond acceptors (Lipinski definition) is 8. The van der Waals surface area contributed by atoms with E-state index in [1.54, 1.807) is 13.3 Å². The molecule has 5 rings (SSSR count). The van der Waals surface area contributed by atoms with Gasteiger partial charge in [-0.2, -0.15) is 0 Å². The fourth-order valence-corrected chi connectivity index (χ4v) is 4.67. The molecule has 1 saturated heterocycles. The first-order valence-corrected chi connectivity index (χ1v) is 12.4. The second-order valence-corrected chi connectivity index (χ2v) is 9.56. The highest BCUT2D eigenvalue weighted by atomic mass is 127. The lowest BCUT2D eigenvalue weighted by molar-refractivity contribution is 0.216. The molecule has 1 aliphatic heterocycles. The second-order valence-electron chi connectivity index (χ2n) is 8.39. The number of methoxy groups -OCH3 is 1. The average molecular weight is 570 g/mol. The van der Waals surface area contributed by atoms with Crippen molar-refractivity contribution in [1.82, 2.24) is 29.5 Å². The largest absolute Gasteiger partial charge is 0.481 e. The molecule has 34 heavy (non-hydrogen) atoms. The summed E-state index contributed by atoms with van der Waals surface area (Å²) in [6, 6.07) is 9.99. The zero-order valence-corrected chi connectivity index (χ0v) is 21.1. The number of nitrogens with zero attached hydrogens (tertiary/aromatic N) is 6. The zero-order valence-electron chi connectivity index (χ0n) is 19.0. The SMILES string of the molecule is COc1cccc(-c2nc(Nc3ccncc3I)c3c(CCN4CCC(N)CC4)ccn3n2)n1. The molecule has 0 saturated carbocycles. The minimum absolute atomic E-state index is 0.335. The molecule has 0 aromatic carbocycles. The second kappa shape index (κ2) is 10.2. The normalized spacial score (nSPS) is 15.0. The van der Waals surface area contributed by atoms with Crippen molar-refractivity contribution in [3.05, 3.63) is 58.1 Å². The first kappa shape index (κ1) is 22.9. The van der Waals surface area contributed by atoms with Crippen molar-refractivity contribution in [2.24, 2.45) is 5.73 Å². The van der Waals surface area contributed by atoms with Crippen molar-refractivity contribution >= 4 is 39.6 Å². The minimum atomic E-state index is 0.335. The monoisotopic (exact) mass is 570 g/mol. The summed E-state index contributed by atoms with van der Waals surface area (Å²) >= 11 is 2.27. The summed E-state index contributed by atoms with van der Waals surface area (Å²) in [4.78, 5) is 16.1. The summed E-state index contributed by atoms with van der Waals surface area (Å²) in [6.07, 6.45) is 8.62. The molecule has 0 amide bonds. The molecule has 0 radical (unpaired) electrons. The molecular formula is C24H27IN8O. The molecule has 0 spiro atoms. The third-order valence-electron chi connectivity index (χ3n) is 6.11. The van der Waals surface area contributed by atoms with Crippen LogP contribution in [0.1, 0.15) is 18.4 Å². The van der Waals surface area contributed by atoms with Gasteiger partial charge in [0.15, 0.2) is 5.82 Å². The van der Waals surface area contributed by atoms with E-state index in [0.29, 0.717) is 23.4 Å². The average Bonchev–Trinajstić information content (AvgIpc) is 3.28. The van der Waals surface area contributed by atoms with Gasteiger partial charge in [-0.1, -0.05) is 6.07 Å². The molecule has 4 aromatic rings. The standard InChI is InChI=1S/C24H27IN8O/c1-34-21-4-2-3-20(28-21)23-30-24(29-19-5-10-27-15-18(19)25)22-16(7-14-33(22)31-23)6-11-32-12-8-17(26)9-13-32/h2-5,7,10,14-15,17H,6,8-9,11-13,26H2,1H3,(H,27,29,30,31). The van der Waals surface area contributed by atoms with Gasteiger partial charge in [-0.05, 0) is 78.7 Å². The Bertz CT molecular complexity index is 1290. The number of fused-ring (bicyclic) bond motifs is 1. The molecule has 0 unspecified atom stereocenters. The Hall–Kier alpha value is -2.83. The van der Waals surface area contributed by atoms with Crippen LogP contribution in [0.4, 0.5) is 11.5 Å². The van der Waals surface area contributed by atoms with Crippen molar-refractivity contribution in [3.8, 4) is 17.4 Å². The Morgan fingerprint density at radius 1 is 1.18 bits per heavy atom. The zero-order chi connectivity index (χ0) is 23.5. The van der Waals surface area contributed by atoms with Gasteiger partial charge in [0, 0.05) is 37.2 Å². The fourth-order valence-electron chi connectivity index (χ4n) is 4.20. The number of rotatable bonds is 7. The van der Waals surface area contributed by atoms with E-state index >= 15 is 0 Å².